The number of halogens is 1. The monoisotopic (exact) mass is 291 g/mol. The zero-order chi connectivity index (χ0) is 10.7. The Hall–Kier alpha value is 0.0600. The molecule has 2 heterocycles. The molecule has 0 spiro atoms. The number of hydrogen-bond acceptors (Lipinski definition) is 4. The van der Waals surface area contributed by atoms with Crippen LogP contribution in [-0.4, -0.2) is 42.4 Å². The molecule has 1 N–H and O–H groups in total. The van der Waals surface area contributed by atoms with Crippen LogP contribution in [-0.2, 0) is 11.3 Å². The maximum absolute atomic E-state index is 9.02. The van der Waals surface area contributed by atoms with Crippen LogP contribution in [0.4, 0.5) is 0 Å². The maximum atomic E-state index is 9.02. The molecule has 0 bridgehead atoms. The van der Waals surface area contributed by atoms with E-state index in [-0.39, 0.29) is 12.7 Å². The molecule has 0 amide bonds. The largest absolute Gasteiger partial charge is 0.394 e. The minimum absolute atomic E-state index is 0.0119. The van der Waals surface area contributed by atoms with E-state index in [1.807, 2.05) is 0 Å². The van der Waals surface area contributed by atoms with E-state index in [0.29, 0.717) is 0 Å². The molecule has 0 radical (unpaired) electrons. The van der Waals surface area contributed by atoms with Crippen molar-refractivity contribution in [1.29, 1.82) is 0 Å². The van der Waals surface area contributed by atoms with Gasteiger partial charge in [0.05, 0.1) is 19.3 Å². The zero-order valence-corrected chi connectivity index (χ0v) is 10.8. The molecule has 84 valence electrons. The second-order valence-corrected chi connectivity index (χ2v) is 5.55. The molecule has 0 aromatic carbocycles. The van der Waals surface area contributed by atoms with E-state index in [1.54, 1.807) is 11.3 Å². The predicted molar refractivity (Wildman–Crippen MR) is 64.1 cm³/mol. The quantitative estimate of drug-likeness (QED) is 0.920. The summed E-state index contributed by atoms with van der Waals surface area (Å²) in [7, 11) is 0. The summed E-state index contributed by atoms with van der Waals surface area (Å²) < 4.78 is 6.55. The Morgan fingerprint density at radius 1 is 1.67 bits per heavy atom. The van der Waals surface area contributed by atoms with Gasteiger partial charge in [-0.15, -0.1) is 11.3 Å². The van der Waals surface area contributed by atoms with Gasteiger partial charge in [-0.1, -0.05) is 0 Å². The van der Waals surface area contributed by atoms with Crippen LogP contribution >= 0.6 is 27.3 Å². The van der Waals surface area contributed by atoms with Crippen molar-refractivity contribution < 1.29 is 9.84 Å². The summed E-state index contributed by atoms with van der Waals surface area (Å²) >= 11 is 5.21. The Balaban J connectivity index is 1.88. The van der Waals surface area contributed by atoms with E-state index < -0.39 is 0 Å². The van der Waals surface area contributed by atoms with Gasteiger partial charge in [-0.05, 0) is 22.0 Å². The van der Waals surface area contributed by atoms with E-state index in [1.165, 1.54) is 4.88 Å². The first-order valence-electron chi connectivity index (χ1n) is 4.95. The number of aliphatic hydroxyl groups excluding tert-OH is 1. The number of rotatable bonds is 3. The summed E-state index contributed by atoms with van der Waals surface area (Å²) in [5.74, 6) is 0. The van der Waals surface area contributed by atoms with Crippen LogP contribution in [0.2, 0.25) is 0 Å². The Morgan fingerprint density at radius 2 is 2.53 bits per heavy atom. The molecule has 1 aliphatic rings. The molecule has 1 fully saturated rings. The van der Waals surface area contributed by atoms with Gasteiger partial charge in [-0.2, -0.15) is 0 Å². The standard InChI is InChI=1S/C10H14BrNO2S/c11-8-3-10(15-7-8)5-12-1-2-14-9(4-12)6-13/h3,7,9,13H,1-2,4-6H2. The van der Waals surface area contributed by atoms with Gasteiger partial charge in [0.25, 0.3) is 0 Å². The Bertz CT molecular complexity index is 318. The lowest BCUT2D eigenvalue weighted by Gasteiger charge is -2.31. The van der Waals surface area contributed by atoms with Crippen LogP contribution in [0.3, 0.4) is 0 Å². The molecule has 5 heteroatoms. The second kappa shape index (κ2) is 5.41. The second-order valence-electron chi connectivity index (χ2n) is 3.64. The summed E-state index contributed by atoms with van der Waals surface area (Å²) in [6, 6.07) is 2.15. The molecule has 1 saturated heterocycles. The van der Waals surface area contributed by atoms with Gasteiger partial charge >= 0.3 is 0 Å². The van der Waals surface area contributed by atoms with Gasteiger partial charge in [-0.3, -0.25) is 4.90 Å². The molecule has 0 saturated carbocycles. The number of ether oxygens (including phenoxy) is 1. The lowest BCUT2D eigenvalue weighted by atomic mass is 10.3. The van der Waals surface area contributed by atoms with Crippen molar-refractivity contribution in [1.82, 2.24) is 4.90 Å². The minimum atomic E-state index is -0.0119. The van der Waals surface area contributed by atoms with Crippen LogP contribution in [0, 0.1) is 0 Å². The van der Waals surface area contributed by atoms with Crippen LogP contribution in [0.1, 0.15) is 4.88 Å². The fourth-order valence-electron chi connectivity index (χ4n) is 1.69. The normalized spacial score (nSPS) is 23.2. The fraction of sp³-hybridized carbons (Fsp3) is 0.600. The first-order chi connectivity index (χ1) is 7.28. The summed E-state index contributed by atoms with van der Waals surface area (Å²) in [6.07, 6.45) is -0.0119. The molecule has 1 aromatic heterocycles. The molecule has 0 aliphatic carbocycles. The van der Waals surface area contributed by atoms with E-state index >= 15 is 0 Å². The average Bonchev–Trinajstić information content (AvgIpc) is 2.64. The number of aliphatic hydroxyl groups is 1. The third-order valence-electron chi connectivity index (χ3n) is 2.43. The molecular weight excluding hydrogens is 278 g/mol. The Kier molecular flexibility index (Phi) is 4.16. The first-order valence-corrected chi connectivity index (χ1v) is 6.63. The van der Waals surface area contributed by atoms with Gasteiger partial charge in [-0.25, -0.2) is 0 Å². The van der Waals surface area contributed by atoms with Crippen LogP contribution < -0.4 is 0 Å². The molecule has 1 unspecified atom stereocenters. The smallest absolute Gasteiger partial charge is 0.0933 e. The van der Waals surface area contributed by atoms with Crippen LogP contribution in [0.25, 0.3) is 0 Å². The highest BCUT2D eigenvalue weighted by molar-refractivity contribution is 9.10. The fourth-order valence-corrected chi connectivity index (χ4v) is 3.18. The Labute approximate surface area is 102 Å². The highest BCUT2D eigenvalue weighted by Crippen LogP contribution is 2.21. The van der Waals surface area contributed by atoms with Crippen LogP contribution in [0.5, 0.6) is 0 Å². The highest BCUT2D eigenvalue weighted by atomic mass is 79.9. The van der Waals surface area contributed by atoms with Gasteiger partial charge in [0.1, 0.15) is 0 Å². The van der Waals surface area contributed by atoms with Gasteiger partial charge in [0.2, 0.25) is 0 Å². The number of thiophene rings is 1. The van der Waals surface area contributed by atoms with E-state index in [2.05, 4.69) is 32.3 Å². The molecule has 1 atom stereocenters. The Morgan fingerprint density at radius 3 is 3.20 bits per heavy atom. The highest BCUT2D eigenvalue weighted by Gasteiger charge is 2.19. The summed E-state index contributed by atoms with van der Waals surface area (Å²) in [4.78, 5) is 3.67. The topological polar surface area (TPSA) is 32.7 Å². The predicted octanol–water partition coefficient (Wildman–Crippen LogP) is 1.70. The molecule has 15 heavy (non-hydrogen) atoms. The molecule has 1 aliphatic heterocycles. The van der Waals surface area contributed by atoms with Crippen molar-refractivity contribution in [3.63, 3.8) is 0 Å². The van der Waals surface area contributed by atoms with Crippen LogP contribution in [0.15, 0.2) is 15.9 Å². The average molecular weight is 292 g/mol. The number of nitrogens with zero attached hydrogens (tertiary/aromatic N) is 1. The summed E-state index contributed by atoms with van der Waals surface area (Å²) in [6.45, 7) is 3.57. The van der Waals surface area contributed by atoms with Crippen molar-refractivity contribution >= 4 is 27.3 Å². The molecular formula is C10H14BrNO2S. The first kappa shape index (κ1) is 11.5. The van der Waals surface area contributed by atoms with Crippen molar-refractivity contribution in [3.05, 3.63) is 20.8 Å². The summed E-state index contributed by atoms with van der Waals surface area (Å²) in [5.41, 5.74) is 0. The summed E-state index contributed by atoms with van der Waals surface area (Å²) in [5, 5.41) is 11.1. The third-order valence-corrected chi connectivity index (χ3v) is 4.11. The maximum Gasteiger partial charge on any atom is 0.0933 e. The van der Waals surface area contributed by atoms with E-state index in [0.717, 1.165) is 30.7 Å². The molecule has 3 nitrogen and oxygen atoms in total. The van der Waals surface area contributed by atoms with Crippen molar-refractivity contribution in [2.75, 3.05) is 26.3 Å². The third kappa shape index (κ3) is 3.26. The van der Waals surface area contributed by atoms with E-state index in [4.69, 9.17) is 9.84 Å². The van der Waals surface area contributed by atoms with Crippen molar-refractivity contribution in [2.45, 2.75) is 12.6 Å². The van der Waals surface area contributed by atoms with Gasteiger partial charge < -0.3 is 9.84 Å². The minimum Gasteiger partial charge on any atom is -0.394 e. The van der Waals surface area contributed by atoms with Crippen molar-refractivity contribution in [2.24, 2.45) is 0 Å². The van der Waals surface area contributed by atoms with Gasteiger partial charge in [0, 0.05) is 34.4 Å². The molecule has 1 aromatic rings. The molecule has 2 rings (SSSR count). The van der Waals surface area contributed by atoms with Crippen molar-refractivity contribution in [3.8, 4) is 0 Å². The lowest BCUT2D eigenvalue weighted by molar-refractivity contribution is -0.0548. The number of morpholine rings is 1. The van der Waals surface area contributed by atoms with E-state index in [9.17, 15) is 0 Å². The zero-order valence-electron chi connectivity index (χ0n) is 8.36. The number of hydrogen-bond donors (Lipinski definition) is 1. The van der Waals surface area contributed by atoms with Gasteiger partial charge in [0.15, 0.2) is 0 Å². The SMILES string of the molecule is OCC1CN(Cc2cc(Br)cs2)CCO1. The lowest BCUT2D eigenvalue weighted by Crippen LogP contribution is -2.43.